The van der Waals surface area contributed by atoms with Gasteiger partial charge in [-0.15, -0.1) is 0 Å². The summed E-state index contributed by atoms with van der Waals surface area (Å²) in [6.45, 7) is -0.499. The molecule has 3 rings (SSSR count). The number of aliphatic hydroxyl groups excluding tert-OH is 1. The van der Waals surface area contributed by atoms with Crippen molar-refractivity contribution in [2.24, 2.45) is 0 Å². The van der Waals surface area contributed by atoms with Gasteiger partial charge < -0.3 is 25.0 Å². The summed E-state index contributed by atoms with van der Waals surface area (Å²) in [7, 11) is 1.83. The number of nitrogens with one attached hydrogen (secondary N) is 1. The smallest absolute Gasteiger partial charge is 0.329 e. The molecule has 0 unspecified atom stereocenters. The van der Waals surface area contributed by atoms with Crippen LogP contribution in [0.3, 0.4) is 0 Å². The van der Waals surface area contributed by atoms with Gasteiger partial charge in [-0.25, -0.2) is 9.18 Å². The monoisotopic (exact) mass is 446 g/mol. The molecule has 3 N–H and O–H groups in total. The van der Waals surface area contributed by atoms with E-state index in [1.807, 2.05) is 42.3 Å². The molecule has 32 heavy (non-hydrogen) atoms. The summed E-state index contributed by atoms with van der Waals surface area (Å²) in [6, 6.07) is 14.6. The highest BCUT2D eigenvalue weighted by Crippen LogP contribution is 2.30. The van der Waals surface area contributed by atoms with Crippen molar-refractivity contribution >= 4 is 11.9 Å². The zero-order valence-electron chi connectivity index (χ0n) is 17.7. The summed E-state index contributed by atoms with van der Waals surface area (Å²) >= 11 is 0. The Balaban J connectivity index is 1.73. The zero-order chi connectivity index (χ0) is 23.1. The van der Waals surface area contributed by atoms with E-state index in [1.165, 1.54) is 12.1 Å². The third kappa shape index (κ3) is 6.25. The van der Waals surface area contributed by atoms with Crippen LogP contribution in [0.5, 0.6) is 5.75 Å². The molecule has 0 aromatic heterocycles. The quantitative estimate of drug-likeness (QED) is 0.507. The van der Waals surface area contributed by atoms with Gasteiger partial charge in [0, 0.05) is 13.0 Å². The number of rotatable bonds is 10. The number of hydrogen-bond donors (Lipinski definition) is 3. The lowest BCUT2D eigenvalue weighted by Crippen LogP contribution is -2.52. The van der Waals surface area contributed by atoms with Crippen LogP contribution in [0.15, 0.2) is 54.6 Å². The molecule has 0 heterocycles. The van der Waals surface area contributed by atoms with Crippen LogP contribution in [0.1, 0.15) is 12.0 Å². The lowest BCUT2D eigenvalue weighted by molar-refractivity contribution is -0.143. The topological polar surface area (TPSA) is 108 Å². The molecule has 1 fully saturated rings. The van der Waals surface area contributed by atoms with Crippen molar-refractivity contribution in [2.45, 2.75) is 37.3 Å². The Morgan fingerprint density at radius 1 is 1.12 bits per heavy atom. The summed E-state index contributed by atoms with van der Waals surface area (Å²) in [5.74, 6) is -2.19. The molecule has 0 radical (unpaired) electrons. The molecule has 2 aromatic rings. The maximum atomic E-state index is 14.1. The van der Waals surface area contributed by atoms with E-state index < -0.39 is 55.2 Å². The minimum Gasteiger partial charge on any atom is -0.485 e. The normalized spacial score (nSPS) is 22.6. The number of para-hydroxylation sites is 1. The molecule has 172 valence electrons. The van der Waals surface area contributed by atoms with Crippen LogP contribution in [0.25, 0.3) is 0 Å². The number of carbonyl (C=O) groups is 2. The fraction of sp³-hybridized carbons (Fsp3) is 0.391. The fourth-order valence-electron chi connectivity index (χ4n) is 3.98. The minimum atomic E-state index is -1.17. The van der Waals surface area contributed by atoms with Crippen molar-refractivity contribution in [1.82, 2.24) is 10.2 Å². The fourth-order valence-corrected chi connectivity index (χ4v) is 3.98. The molecule has 0 bridgehead atoms. The maximum absolute atomic E-state index is 14.1. The first kappa shape index (κ1) is 23.6. The number of benzene rings is 2. The average Bonchev–Trinajstić information content (AvgIpc) is 3.04. The predicted octanol–water partition coefficient (Wildman–Crippen LogP) is 1.42. The number of likely N-dealkylation sites (N-methyl/N-ethyl adjacent to an activating group) is 1. The molecule has 8 nitrogen and oxygen atoms in total. The Hall–Kier alpha value is -3.01. The molecule has 4 atom stereocenters. The van der Waals surface area contributed by atoms with E-state index >= 15 is 0 Å². The van der Waals surface area contributed by atoms with Crippen LogP contribution in [0.4, 0.5) is 4.39 Å². The number of nitrogens with zero attached hydrogens (tertiary/aromatic N) is 1. The van der Waals surface area contributed by atoms with Crippen molar-refractivity contribution in [3.8, 4) is 5.75 Å². The van der Waals surface area contributed by atoms with Gasteiger partial charge in [0.25, 0.3) is 0 Å². The number of hydrogen-bond acceptors (Lipinski definition) is 6. The number of amides is 1. The van der Waals surface area contributed by atoms with Crippen molar-refractivity contribution in [3.63, 3.8) is 0 Å². The molecule has 1 amide bonds. The van der Waals surface area contributed by atoms with Crippen LogP contribution in [0, 0.1) is 5.82 Å². The molecule has 0 saturated heterocycles. The summed E-state index contributed by atoms with van der Waals surface area (Å²) in [6.07, 6.45) is -1.52. The molecule has 0 spiro atoms. The highest BCUT2D eigenvalue weighted by molar-refractivity contribution is 5.78. The van der Waals surface area contributed by atoms with Crippen molar-refractivity contribution in [3.05, 3.63) is 66.0 Å². The van der Waals surface area contributed by atoms with E-state index in [1.54, 1.807) is 12.1 Å². The van der Waals surface area contributed by atoms with Crippen LogP contribution in [-0.4, -0.2) is 71.5 Å². The molecule has 1 saturated carbocycles. The van der Waals surface area contributed by atoms with Crippen molar-refractivity contribution in [1.29, 1.82) is 0 Å². The second-order valence-electron chi connectivity index (χ2n) is 7.76. The molecule has 1 aliphatic carbocycles. The van der Waals surface area contributed by atoms with Gasteiger partial charge >= 0.3 is 5.97 Å². The van der Waals surface area contributed by atoms with Gasteiger partial charge in [-0.2, -0.15) is 0 Å². The summed E-state index contributed by atoms with van der Waals surface area (Å²) in [4.78, 5) is 24.8. The van der Waals surface area contributed by atoms with E-state index in [2.05, 4.69) is 5.32 Å². The summed E-state index contributed by atoms with van der Waals surface area (Å²) in [5.41, 5.74) is 1.02. The average molecular weight is 446 g/mol. The van der Waals surface area contributed by atoms with Gasteiger partial charge in [-0.3, -0.25) is 9.69 Å². The molecule has 2 aromatic carbocycles. The van der Waals surface area contributed by atoms with Gasteiger partial charge in [0.1, 0.15) is 25.4 Å². The number of aliphatic carboxylic acids is 1. The first-order valence-electron chi connectivity index (χ1n) is 10.3. The Bertz CT molecular complexity index is 912. The van der Waals surface area contributed by atoms with Crippen LogP contribution >= 0.6 is 0 Å². The van der Waals surface area contributed by atoms with Crippen molar-refractivity contribution in [2.75, 3.05) is 20.3 Å². The Kier molecular flexibility index (Phi) is 8.15. The third-order valence-corrected chi connectivity index (χ3v) is 5.33. The first-order valence-corrected chi connectivity index (χ1v) is 10.3. The SMILES string of the molecule is CN(Cc1ccccc1)[C@@H]1[C@@H](O)[C@H](Oc2ccccc2F)C[C@H]1NC(=O)COCC(=O)O. The van der Waals surface area contributed by atoms with Crippen LogP contribution < -0.4 is 10.1 Å². The lowest BCUT2D eigenvalue weighted by Gasteiger charge is -2.32. The second kappa shape index (κ2) is 11.0. The molecular weight excluding hydrogens is 419 g/mol. The van der Waals surface area contributed by atoms with Crippen LogP contribution in [0.2, 0.25) is 0 Å². The molecular formula is C23H27FN2O6. The number of ether oxygens (including phenoxy) is 2. The number of carbonyl (C=O) groups excluding carboxylic acids is 1. The standard InChI is InChI=1S/C23H27FN2O6/c1-26(12-15-7-3-2-4-8-15)22-17(25-20(27)13-31-14-21(28)29)11-19(23(22)30)32-18-10-6-5-9-16(18)24/h2-10,17,19,22-23,30H,11-14H2,1H3,(H,25,27)(H,28,29)/t17-,19-,22+,23+/m1/s1. The molecule has 0 aliphatic heterocycles. The lowest BCUT2D eigenvalue weighted by atomic mass is 10.1. The highest BCUT2D eigenvalue weighted by atomic mass is 19.1. The summed E-state index contributed by atoms with van der Waals surface area (Å²) in [5, 5.41) is 22.5. The Morgan fingerprint density at radius 3 is 2.50 bits per heavy atom. The van der Waals surface area contributed by atoms with Gasteiger partial charge in [-0.1, -0.05) is 42.5 Å². The largest absolute Gasteiger partial charge is 0.485 e. The molecule has 9 heteroatoms. The minimum absolute atomic E-state index is 0.0257. The third-order valence-electron chi connectivity index (χ3n) is 5.33. The van der Waals surface area contributed by atoms with Gasteiger partial charge in [-0.05, 0) is 24.7 Å². The molecule has 1 aliphatic rings. The van der Waals surface area contributed by atoms with E-state index in [0.29, 0.717) is 6.54 Å². The summed E-state index contributed by atoms with van der Waals surface area (Å²) < 4.78 is 24.7. The van der Waals surface area contributed by atoms with E-state index in [0.717, 1.165) is 5.56 Å². The maximum Gasteiger partial charge on any atom is 0.329 e. The number of halogens is 1. The van der Waals surface area contributed by atoms with Gasteiger partial charge in [0.15, 0.2) is 11.6 Å². The predicted molar refractivity (Wildman–Crippen MR) is 114 cm³/mol. The number of aliphatic hydroxyl groups is 1. The second-order valence-corrected chi connectivity index (χ2v) is 7.76. The van der Waals surface area contributed by atoms with E-state index in [9.17, 15) is 19.1 Å². The Labute approximate surface area is 185 Å². The van der Waals surface area contributed by atoms with Gasteiger partial charge in [0.05, 0.1) is 12.1 Å². The van der Waals surface area contributed by atoms with E-state index in [4.69, 9.17) is 14.6 Å². The highest BCUT2D eigenvalue weighted by Gasteiger charge is 2.46. The number of carboxylic acid groups (broad SMARTS) is 1. The van der Waals surface area contributed by atoms with Crippen LogP contribution in [-0.2, 0) is 20.9 Å². The Morgan fingerprint density at radius 2 is 1.81 bits per heavy atom. The number of carboxylic acids is 1. The van der Waals surface area contributed by atoms with Crippen molar-refractivity contribution < 1.29 is 33.7 Å². The van der Waals surface area contributed by atoms with Gasteiger partial charge in [0.2, 0.25) is 5.91 Å². The first-order chi connectivity index (χ1) is 15.3. The zero-order valence-corrected chi connectivity index (χ0v) is 17.7. The van der Waals surface area contributed by atoms with E-state index in [-0.39, 0.29) is 12.2 Å².